The molecular formula is C11H16FNO. The molecule has 0 bridgehead atoms. The summed E-state index contributed by atoms with van der Waals surface area (Å²) in [5.41, 5.74) is 0.354. The zero-order valence-electron chi connectivity index (χ0n) is 8.76. The fraction of sp³-hybridized carbons (Fsp3) is 0.455. The van der Waals surface area contributed by atoms with Gasteiger partial charge in [0.15, 0.2) is 0 Å². The molecule has 3 heteroatoms. The van der Waals surface area contributed by atoms with Gasteiger partial charge in [-0.1, -0.05) is 13.8 Å². The standard InChI is InChI=1S/C11H16FNO/c1-11(2,7-13-3)9-6-8(12)4-5-10(9)14/h4-6,13-14H,7H2,1-3H3. The van der Waals surface area contributed by atoms with Gasteiger partial charge in [0.2, 0.25) is 0 Å². The average molecular weight is 197 g/mol. The van der Waals surface area contributed by atoms with Crippen LogP contribution in [0.25, 0.3) is 0 Å². The first-order chi connectivity index (χ1) is 6.47. The zero-order valence-corrected chi connectivity index (χ0v) is 8.76. The zero-order chi connectivity index (χ0) is 10.8. The number of halogens is 1. The minimum atomic E-state index is -0.318. The molecule has 2 N–H and O–H groups in total. The number of likely N-dealkylation sites (N-methyl/N-ethyl adjacent to an activating group) is 1. The van der Waals surface area contributed by atoms with Crippen LogP contribution in [0.2, 0.25) is 0 Å². The van der Waals surface area contributed by atoms with E-state index in [0.29, 0.717) is 12.1 Å². The van der Waals surface area contributed by atoms with Gasteiger partial charge >= 0.3 is 0 Å². The van der Waals surface area contributed by atoms with Crippen molar-refractivity contribution in [2.75, 3.05) is 13.6 Å². The number of rotatable bonds is 3. The molecule has 1 rings (SSSR count). The molecule has 0 saturated carbocycles. The van der Waals surface area contributed by atoms with E-state index in [-0.39, 0.29) is 17.0 Å². The molecule has 0 amide bonds. The third kappa shape index (κ3) is 2.23. The van der Waals surface area contributed by atoms with Gasteiger partial charge in [-0.3, -0.25) is 0 Å². The van der Waals surface area contributed by atoms with E-state index < -0.39 is 0 Å². The average Bonchev–Trinajstić information content (AvgIpc) is 2.09. The first kappa shape index (κ1) is 11.0. The van der Waals surface area contributed by atoms with Crippen molar-refractivity contribution in [1.82, 2.24) is 5.32 Å². The van der Waals surface area contributed by atoms with E-state index >= 15 is 0 Å². The van der Waals surface area contributed by atoms with E-state index in [2.05, 4.69) is 5.32 Å². The topological polar surface area (TPSA) is 32.3 Å². The number of phenolic OH excluding ortho intramolecular Hbond substituents is 1. The molecule has 14 heavy (non-hydrogen) atoms. The Morgan fingerprint density at radius 1 is 1.43 bits per heavy atom. The number of hydrogen-bond acceptors (Lipinski definition) is 2. The molecule has 1 aromatic rings. The molecule has 0 fully saturated rings. The van der Waals surface area contributed by atoms with E-state index in [9.17, 15) is 9.50 Å². The normalized spacial score (nSPS) is 11.7. The van der Waals surface area contributed by atoms with Crippen LogP contribution < -0.4 is 5.32 Å². The highest BCUT2D eigenvalue weighted by molar-refractivity contribution is 5.38. The molecule has 78 valence electrons. The minimum Gasteiger partial charge on any atom is -0.508 e. The summed E-state index contributed by atoms with van der Waals surface area (Å²) in [6, 6.07) is 4.03. The monoisotopic (exact) mass is 197 g/mol. The van der Waals surface area contributed by atoms with Crippen molar-refractivity contribution in [1.29, 1.82) is 0 Å². The lowest BCUT2D eigenvalue weighted by Gasteiger charge is -2.25. The van der Waals surface area contributed by atoms with E-state index in [4.69, 9.17) is 0 Å². The molecule has 0 aromatic heterocycles. The molecule has 0 aliphatic heterocycles. The predicted molar refractivity (Wildman–Crippen MR) is 55.0 cm³/mol. The van der Waals surface area contributed by atoms with Gasteiger partial charge in [0.25, 0.3) is 0 Å². The van der Waals surface area contributed by atoms with Crippen LogP contribution in [-0.4, -0.2) is 18.7 Å². The summed E-state index contributed by atoms with van der Waals surface area (Å²) in [6.45, 7) is 4.60. The maximum Gasteiger partial charge on any atom is 0.123 e. The third-order valence-corrected chi connectivity index (χ3v) is 2.31. The van der Waals surface area contributed by atoms with Crippen molar-refractivity contribution < 1.29 is 9.50 Å². The highest BCUT2D eigenvalue weighted by Crippen LogP contribution is 2.30. The van der Waals surface area contributed by atoms with E-state index in [0.717, 1.165) is 0 Å². The highest BCUT2D eigenvalue weighted by atomic mass is 19.1. The highest BCUT2D eigenvalue weighted by Gasteiger charge is 2.23. The Hall–Kier alpha value is -1.09. The Bertz CT molecular complexity index is 323. The lowest BCUT2D eigenvalue weighted by Crippen LogP contribution is -2.30. The Balaban J connectivity index is 3.10. The lowest BCUT2D eigenvalue weighted by atomic mass is 9.84. The summed E-state index contributed by atoms with van der Waals surface area (Å²) in [5.74, 6) is -0.173. The van der Waals surface area contributed by atoms with Crippen LogP contribution in [0.15, 0.2) is 18.2 Å². The van der Waals surface area contributed by atoms with E-state index in [1.165, 1.54) is 18.2 Å². The number of aromatic hydroxyl groups is 1. The Morgan fingerprint density at radius 3 is 2.64 bits per heavy atom. The molecule has 0 atom stereocenters. The summed E-state index contributed by atoms with van der Waals surface area (Å²) in [6.07, 6.45) is 0. The smallest absolute Gasteiger partial charge is 0.123 e. The second-order valence-electron chi connectivity index (χ2n) is 4.08. The van der Waals surface area contributed by atoms with E-state index in [1.54, 1.807) is 0 Å². The van der Waals surface area contributed by atoms with Crippen LogP contribution in [0, 0.1) is 5.82 Å². The summed E-state index contributed by atoms with van der Waals surface area (Å²) in [7, 11) is 1.83. The molecular weight excluding hydrogens is 181 g/mol. The van der Waals surface area contributed by atoms with Gasteiger partial charge in [0.05, 0.1) is 0 Å². The molecule has 1 aromatic carbocycles. The number of benzene rings is 1. The molecule has 0 aliphatic carbocycles. The van der Waals surface area contributed by atoms with Gasteiger partial charge in [-0.2, -0.15) is 0 Å². The summed E-state index contributed by atoms with van der Waals surface area (Å²) >= 11 is 0. The first-order valence-corrected chi connectivity index (χ1v) is 4.61. The van der Waals surface area contributed by atoms with Crippen LogP contribution in [0.1, 0.15) is 19.4 Å². The molecule has 0 radical (unpaired) electrons. The van der Waals surface area contributed by atoms with Gasteiger partial charge in [-0.05, 0) is 25.2 Å². The predicted octanol–water partition coefficient (Wildman–Crippen LogP) is 2.03. The van der Waals surface area contributed by atoms with Gasteiger partial charge in [-0.15, -0.1) is 0 Å². The maximum absolute atomic E-state index is 13.0. The third-order valence-electron chi connectivity index (χ3n) is 2.31. The van der Waals surface area contributed by atoms with E-state index in [1.807, 2.05) is 20.9 Å². The fourth-order valence-corrected chi connectivity index (χ4v) is 1.59. The van der Waals surface area contributed by atoms with Crippen molar-refractivity contribution in [3.8, 4) is 5.75 Å². The molecule has 2 nitrogen and oxygen atoms in total. The first-order valence-electron chi connectivity index (χ1n) is 4.61. The Labute approximate surface area is 83.8 Å². The van der Waals surface area contributed by atoms with Crippen LogP contribution in [0.3, 0.4) is 0 Å². The quantitative estimate of drug-likeness (QED) is 0.777. The molecule has 0 heterocycles. The second kappa shape index (κ2) is 3.96. The van der Waals surface area contributed by atoms with Crippen molar-refractivity contribution in [2.45, 2.75) is 19.3 Å². The molecule has 0 unspecified atom stereocenters. The number of phenols is 1. The Kier molecular flexibility index (Phi) is 3.11. The van der Waals surface area contributed by atoms with Crippen molar-refractivity contribution in [3.63, 3.8) is 0 Å². The van der Waals surface area contributed by atoms with Crippen LogP contribution >= 0.6 is 0 Å². The van der Waals surface area contributed by atoms with Gasteiger partial charge < -0.3 is 10.4 Å². The SMILES string of the molecule is CNCC(C)(C)c1cc(F)ccc1O. The summed E-state index contributed by atoms with van der Waals surface area (Å²) in [4.78, 5) is 0. The summed E-state index contributed by atoms with van der Waals surface area (Å²) < 4.78 is 13.0. The molecule has 0 saturated heterocycles. The van der Waals surface area contributed by atoms with Gasteiger partial charge in [0, 0.05) is 17.5 Å². The van der Waals surface area contributed by atoms with Crippen LogP contribution in [-0.2, 0) is 5.41 Å². The second-order valence-corrected chi connectivity index (χ2v) is 4.08. The number of nitrogens with one attached hydrogen (secondary N) is 1. The van der Waals surface area contributed by atoms with Gasteiger partial charge in [0.1, 0.15) is 11.6 Å². The van der Waals surface area contributed by atoms with Crippen molar-refractivity contribution in [3.05, 3.63) is 29.6 Å². The summed E-state index contributed by atoms with van der Waals surface area (Å²) in [5, 5.41) is 12.6. The number of hydrogen-bond donors (Lipinski definition) is 2. The fourth-order valence-electron chi connectivity index (χ4n) is 1.59. The maximum atomic E-state index is 13.0. The van der Waals surface area contributed by atoms with Crippen molar-refractivity contribution in [2.24, 2.45) is 0 Å². The minimum absolute atomic E-state index is 0.145. The molecule has 0 aliphatic rings. The van der Waals surface area contributed by atoms with Crippen LogP contribution in [0.4, 0.5) is 4.39 Å². The largest absolute Gasteiger partial charge is 0.508 e. The van der Waals surface area contributed by atoms with Crippen LogP contribution in [0.5, 0.6) is 5.75 Å². The lowest BCUT2D eigenvalue weighted by molar-refractivity contribution is 0.423. The van der Waals surface area contributed by atoms with Gasteiger partial charge in [-0.25, -0.2) is 4.39 Å². The molecule has 0 spiro atoms. The van der Waals surface area contributed by atoms with Crippen molar-refractivity contribution >= 4 is 0 Å². The Morgan fingerprint density at radius 2 is 2.07 bits per heavy atom.